The number of fused-ring (bicyclic) bond motifs is 12. The number of benzene rings is 6. The highest BCUT2D eigenvalue weighted by Crippen LogP contribution is 2.41. The van der Waals surface area contributed by atoms with Crippen LogP contribution in [0.3, 0.4) is 0 Å². The highest BCUT2D eigenvalue weighted by atomic mass is 32.1. The standard InChI is InChI=1S/C49H40N2S/c1-30(11-10-12-31-21-22-31)42-28-33(32-23-24-38-36-15-3-2-13-34(36)35-14-4-5-16-37(35)43(38)27-32)29-44-41-25-26-50-49(48(41)52-47(42)44)51-45-19-8-6-17-39(45)40-18-7-9-20-46(40)51/h2-9,13-20,23-27,29-31,33H,10-12,21-22,28H2,1H3. The van der Waals surface area contributed by atoms with Crippen molar-refractivity contribution in [3.05, 3.63) is 143 Å². The van der Waals surface area contributed by atoms with Crippen molar-refractivity contribution < 1.29 is 0 Å². The Bertz CT molecular complexity index is 2920. The summed E-state index contributed by atoms with van der Waals surface area (Å²) >= 11 is 1.98. The van der Waals surface area contributed by atoms with Crippen molar-refractivity contribution in [3.63, 3.8) is 0 Å². The first kappa shape index (κ1) is 30.4. The molecular formula is C49H40N2S. The van der Waals surface area contributed by atoms with E-state index in [9.17, 15) is 0 Å². The zero-order chi connectivity index (χ0) is 34.3. The van der Waals surface area contributed by atoms with Gasteiger partial charge in [0.1, 0.15) is 0 Å². The maximum Gasteiger partial charge on any atom is 0.155 e. The normalized spacial score (nSPS) is 16.7. The maximum absolute atomic E-state index is 5.15. The molecule has 9 aromatic rings. The van der Waals surface area contributed by atoms with Crippen LogP contribution in [0.5, 0.6) is 0 Å². The largest absolute Gasteiger partial charge is 0.293 e. The zero-order valence-corrected chi connectivity index (χ0v) is 30.3. The van der Waals surface area contributed by atoms with Gasteiger partial charge in [0.25, 0.3) is 0 Å². The minimum absolute atomic E-state index is 0.311. The highest BCUT2D eigenvalue weighted by molar-refractivity contribution is 7.17. The van der Waals surface area contributed by atoms with E-state index in [1.165, 1.54) is 112 Å². The summed E-state index contributed by atoms with van der Waals surface area (Å²) in [7, 11) is 0. The summed E-state index contributed by atoms with van der Waals surface area (Å²) in [5.41, 5.74) is 5.48. The molecule has 6 aromatic carbocycles. The number of pyridine rings is 1. The first-order valence-electron chi connectivity index (χ1n) is 19.2. The van der Waals surface area contributed by atoms with Crippen molar-refractivity contribution in [2.45, 2.75) is 51.4 Å². The molecule has 1 saturated carbocycles. The van der Waals surface area contributed by atoms with Gasteiger partial charge in [0.05, 0.1) is 15.7 Å². The van der Waals surface area contributed by atoms with Gasteiger partial charge in [0.15, 0.2) is 5.82 Å². The van der Waals surface area contributed by atoms with E-state index >= 15 is 0 Å². The maximum atomic E-state index is 5.15. The molecule has 2 unspecified atom stereocenters. The lowest BCUT2D eigenvalue weighted by atomic mass is 9.81. The molecule has 2 atom stereocenters. The highest BCUT2D eigenvalue weighted by Gasteiger charge is 2.26. The summed E-state index contributed by atoms with van der Waals surface area (Å²) in [5.74, 6) is 2.87. The Balaban J connectivity index is 1.13. The van der Waals surface area contributed by atoms with E-state index in [-0.39, 0.29) is 0 Å². The smallest absolute Gasteiger partial charge is 0.155 e. The molecule has 3 aromatic heterocycles. The molecule has 3 heteroatoms. The van der Waals surface area contributed by atoms with Crippen LogP contribution in [-0.2, 0) is 0 Å². The topological polar surface area (TPSA) is 17.8 Å². The van der Waals surface area contributed by atoms with E-state index in [1.54, 1.807) is 5.57 Å². The molecule has 0 radical (unpaired) electrons. The van der Waals surface area contributed by atoms with Crippen LogP contribution in [0.4, 0.5) is 0 Å². The molecule has 0 bridgehead atoms. The lowest BCUT2D eigenvalue weighted by molar-refractivity contribution is 0.553. The van der Waals surface area contributed by atoms with Gasteiger partial charge in [-0.2, -0.15) is 0 Å². The molecule has 252 valence electrons. The second-order valence-electron chi connectivity index (χ2n) is 15.4. The summed E-state index contributed by atoms with van der Waals surface area (Å²) in [5, 5.41) is 13.3. The van der Waals surface area contributed by atoms with Crippen LogP contribution in [0.15, 0.2) is 128 Å². The summed E-state index contributed by atoms with van der Waals surface area (Å²) in [4.78, 5) is 5.15. The Kier molecular flexibility index (Phi) is 6.95. The van der Waals surface area contributed by atoms with E-state index in [4.69, 9.17) is 4.98 Å². The Morgan fingerprint density at radius 1 is 0.673 bits per heavy atom. The van der Waals surface area contributed by atoms with Gasteiger partial charge < -0.3 is 0 Å². The lowest BCUT2D eigenvalue weighted by Crippen LogP contribution is -2.29. The van der Waals surface area contributed by atoms with Crippen LogP contribution in [0.1, 0.15) is 56.9 Å². The number of nitrogens with zero attached hydrogens (tertiary/aromatic N) is 2. The van der Waals surface area contributed by atoms with Crippen LogP contribution in [0.25, 0.3) is 81.7 Å². The molecule has 2 aliphatic rings. The Morgan fingerprint density at radius 3 is 1.92 bits per heavy atom. The van der Waals surface area contributed by atoms with Gasteiger partial charge >= 0.3 is 0 Å². The van der Waals surface area contributed by atoms with E-state index < -0.39 is 0 Å². The van der Waals surface area contributed by atoms with E-state index in [1.807, 2.05) is 17.5 Å². The zero-order valence-electron chi connectivity index (χ0n) is 29.5. The number of hydrogen-bond acceptors (Lipinski definition) is 2. The van der Waals surface area contributed by atoms with Gasteiger partial charge in [0, 0.05) is 32.8 Å². The van der Waals surface area contributed by atoms with Crippen molar-refractivity contribution in [2.24, 2.45) is 11.8 Å². The summed E-state index contributed by atoms with van der Waals surface area (Å²) in [6.45, 7) is 2.50. The summed E-state index contributed by atoms with van der Waals surface area (Å²) in [6.07, 6.45) is 12.6. The van der Waals surface area contributed by atoms with Crippen LogP contribution < -0.4 is 9.75 Å². The SMILES string of the molecule is CC(CCCC1CC1)C1=c2sc3c(-n4c5ccccc5c5ccccc54)nccc3c2=CC(c2ccc3c4ccccc4c4ccccc4c3c2)C1. The van der Waals surface area contributed by atoms with Gasteiger partial charge in [0.2, 0.25) is 0 Å². The predicted octanol–water partition coefficient (Wildman–Crippen LogP) is 12.2. The minimum atomic E-state index is 0.311. The second-order valence-corrected chi connectivity index (χ2v) is 16.4. The predicted molar refractivity (Wildman–Crippen MR) is 223 cm³/mol. The average Bonchev–Trinajstić information content (AvgIpc) is 3.86. The van der Waals surface area contributed by atoms with Crippen molar-refractivity contribution >= 4 is 87.2 Å². The molecule has 0 saturated heterocycles. The number of aromatic nitrogens is 2. The molecule has 0 amide bonds. The van der Waals surface area contributed by atoms with E-state index in [0.717, 1.165) is 18.2 Å². The van der Waals surface area contributed by atoms with Crippen molar-refractivity contribution in [2.75, 3.05) is 0 Å². The van der Waals surface area contributed by atoms with Crippen LogP contribution in [0.2, 0.25) is 0 Å². The van der Waals surface area contributed by atoms with Gasteiger partial charge in [-0.3, -0.25) is 4.57 Å². The Hall–Kier alpha value is -5.25. The molecule has 11 rings (SSSR count). The first-order chi connectivity index (χ1) is 25.7. The molecule has 3 heterocycles. The van der Waals surface area contributed by atoms with Gasteiger partial charge in [-0.1, -0.05) is 136 Å². The number of hydrogen-bond donors (Lipinski definition) is 0. The molecule has 1 fully saturated rings. The quantitative estimate of drug-likeness (QED) is 0.152. The third-order valence-corrected chi connectivity index (χ3v) is 13.5. The average molecular weight is 689 g/mol. The molecule has 0 spiro atoms. The molecule has 2 aliphatic carbocycles. The fraction of sp³-hybridized carbons (Fsp3) is 0.204. The van der Waals surface area contributed by atoms with Crippen molar-refractivity contribution in [3.8, 4) is 5.82 Å². The minimum Gasteiger partial charge on any atom is -0.293 e. The molecule has 52 heavy (non-hydrogen) atoms. The second kappa shape index (κ2) is 11.9. The van der Waals surface area contributed by atoms with Crippen LogP contribution in [0, 0.1) is 11.8 Å². The van der Waals surface area contributed by atoms with Gasteiger partial charge in [-0.25, -0.2) is 4.98 Å². The van der Waals surface area contributed by atoms with Crippen LogP contribution >= 0.6 is 11.3 Å². The van der Waals surface area contributed by atoms with Crippen molar-refractivity contribution in [1.82, 2.24) is 9.55 Å². The fourth-order valence-electron chi connectivity index (χ4n) is 9.42. The molecule has 2 nitrogen and oxygen atoms in total. The number of thiophene rings is 1. The van der Waals surface area contributed by atoms with Gasteiger partial charge in [-0.15, -0.1) is 11.3 Å². The van der Waals surface area contributed by atoms with Crippen LogP contribution in [-0.4, -0.2) is 9.55 Å². The fourth-order valence-corrected chi connectivity index (χ4v) is 10.9. The molecular weight excluding hydrogens is 649 g/mol. The van der Waals surface area contributed by atoms with E-state index in [2.05, 4.69) is 139 Å². The first-order valence-corrected chi connectivity index (χ1v) is 20.0. The summed E-state index contributed by atoms with van der Waals surface area (Å²) in [6, 6.07) is 45.1. The number of para-hydroxylation sites is 2. The number of rotatable bonds is 7. The lowest BCUT2D eigenvalue weighted by Gasteiger charge is -2.24. The van der Waals surface area contributed by atoms with Crippen molar-refractivity contribution in [1.29, 1.82) is 0 Å². The summed E-state index contributed by atoms with van der Waals surface area (Å²) < 4.78 is 5.18. The third kappa shape index (κ3) is 4.72. The Morgan fingerprint density at radius 2 is 1.27 bits per heavy atom. The Labute approximate surface area is 307 Å². The molecule has 0 N–H and O–H groups in total. The monoisotopic (exact) mass is 688 g/mol. The van der Waals surface area contributed by atoms with E-state index in [0.29, 0.717) is 11.8 Å². The molecule has 0 aliphatic heterocycles. The third-order valence-electron chi connectivity index (χ3n) is 12.3. The van der Waals surface area contributed by atoms with Gasteiger partial charge in [-0.05, 0) is 97.6 Å².